The first kappa shape index (κ1) is 27.7. The topological polar surface area (TPSA) is 0 Å². The molecule has 0 aromatic carbocycles. The van der Waals surface area contributed by atoms with Crippen LogP contribution in [0.1, 0.15) is 168 Å². The van der Waals surface area contributed by atoms with Gasteiger partial charge in [0, 0.05) is 0 Å². The van der Waals surface area contributed by atoms with Crippen LogP contribution in [0.5, 0.6) is 0 Å². The Kier molecular flexibility index (Phi) is 26.5. The van der Waals surface area contributed by atoms with Gasteiger partial charge in [0.2, 0.25) is 0 Å². The molecule has 0 unspecified atom stereocenters. The van der Waals surface area contributed by atoms with E-state index < -0.39 is 0 Å². The van der Waals surface area contributed by atoms with Gasteiger partial charge in [0.25, 0.3) is 0 Å². The van der Waals surface area contributed by atoms with E-state index in [0.29, 0.717) is 0 Å². The number of allylic oxidation sites excluding steroid dienone is 2. The van der Waals surface area contributed by atoms with Crippen LogP contribution in [0.2, 0.25) is 0 Å². The molecule has 0 bridgehead atoms. The molecular formula is C28H55. The summed E-state index contributed by atoms with van der Waals surface area (Å²) in [5, 5.41) is 0. The van der Waals surface area contributed by atoms with Crippen LogP contribution in [0.4, 0.5) is 0 Å². The second-order valence-corrected chi connectivity index (χ2v) is 9.02. The monoisotopic (exact) mass is 391 g/mol. The lowest BCUT2D eigenvalue weighted by molar-refractivity contribution is 0.544. The molecule has 0 aliphatic carbocycles. The zero-order valence-corrected chi connectivity index (χ0v) is 20.0. The molecule has 167 valence electrons. The highest BCUT2D eigenvalue weighted by Gasteiger charge is 1.94. The van der Waals surface area contributed by atoms with Gasteiger partial charge < -0.3 is 0 Å². The quantitative estimate of drug-likeness (QED) is 0.143. The second kappa shape index (κ2) is 26.7. The van der Waals surface area contributed by atoms with Crippen molar-refractivity contribution in [1.82, 2.24) is 0 Å². The van der Waals surface area contributed by atoms with Gasteiger partial charge in [-0.2, -0.15) is 0 Å². The molecule has 0 heterocycles. The van der Waals surface area contributed by atoms with Crippen molar-refractivity contribution in [1.29, 1.82) is 0 Å². The van der Waals surface area contributed by atoms with Crippen molar-refractivity contribution in [3.8, 4) is 0 Å². The predicted molar refractivity (Wildman–Crippen MR) is 130 cm³/mol. The van der Waals surface area contributed by atoms with Crippen LogP contribution in [0.25, 0.3) is 0 Å². The van der Waals surface area contributed by atoms with Gasteiger partial charge in [0.05, 0.1) is 0 Å². The van der Waals surface area contributed by atoms with E-state index in [1.54, 1.807) is 0 Å². The summed E-state index contributed by atoms with van der Waals surface area (Å²) in [7, 11) is 0. The van der Waals surface area contributed by atoms with E-state index in [9.17, 15) is 0 Å². The highest BCUT2D eigenvalue weighted by Crippen LogP contribution is 2.13. The Morgan fingerprint density at radius 1 is 0.393 bits per heavy atom. The van der Waals surface area contributed by atoms with Gasteiger partial charge in [-0.15, -0.1) is 0 Å². The first-order chi connectivity index (χ1) is 13.9. The van der Waals surface area contributed by atoms with E-state index in [0.717, 1.165) is 0 Å². The maximum Gasteiger partial charge on any atom is -0.0279 e. The fraction of sp³-hybridized carbons (Fsp3) is 0.929. The third-order valence-corrected chi connectivity index (χ3v) is 6.02. The van der Waals surface area contributed by atoms with E-state index in [2.05, 4.69) is 26.0 Å². The summed E-state index contributed by atoms with van der Waals surface area (Å²) < 4.78 is 0. The van der Waals surface area contributed by atoms with Crippen molar-refractivity contribution in [3.63, 3.8) is 0 Å². The van der Waals surface area contributed by atoms with Crippen LogP contribution in [-0.2, 0) is 0 Å². The van der Waals surface area contributed by atoms with Gasteiger partial charge in [0.15, 0.2) is 0 Å². The van der Waals surface area contributed by atoms with E-state index in [1.807, 2.05) is 0 Å². The molecule has 0 atom stereocenters. The fourth-order valence-corrected chi connectivity index (χ4v) is 4.01. The summed E-state index contributed by atoms with van der Waals surface area (Å²) in [5.74, 6) is 0. The average Bonchev–Trinajstić information content (AvgIpc) is 2.71. The molecule has 1 radical (unpaired) electrons. The van der Waals surface area contributed by atoms with Crippen molar-refractivity contribution in [2.75, 3.05) is 0 Å². The summed E-state index contributed by atoms with van der Waals surface area (Å²) in [6.45, 7) is 4.59. The summed E-state index contributed by atoms with van der Waals surface area (Å²) in [5.41, 5.74) is 0. The Morgan fingerprint density at radius 2 is 0.714 bits per heavy atom. The normalized spacial score (nSPS) is 11.6. The minimum atomic E-state index is 1.19. The molecule has 0 aromatic heterocycles. The third kappa shape index (κ3) is 25.7. The molecule has 0 aromatic rings. The highest BCUT2D eigenvalue weighted by atomic mass is 14.0. The van der Waals surface area contributed by atoms with Crippen molar-refractivity contribution < 1.29 is 0 Å². The zero-order valence-electron chi connectivity index (χ0n) is 20.0. The van der Waals surface area contributed by atoms with Gasteiger partial charge in [0.1, 0.15) is 0 Å². The summed E-state index contributed by atoms with van der Waals surface area (Å²) in [6, 6.07) is 0. The Balaban J connectivity index is 3.05. The summed E-state index contributed by atoms with van der Waals surface area (Å²) >= 11 is 0. The van der Waals surface area contributed by atoms with E-state index in [1.165, 1.54) is 154 Å². The maximum absolute atomic E-state index is 3.53. The Morgan fingerprint density at radius 3 is 1.11 bits per heavy atom. The van der Waals surface area contributed by atoms with Gasteiger partial charge >= 0.3 is 0 Å². The number of hydrogen-bond donors (Lipinski definition) is 0. The van der Waals surface area contributed by atoms with Gasteiger partial charge in [-0.3, -0.25) is 0 Å². The van der Waals surface area contributed by atoms with Gasteiger partial charge in [-0.05, 0) is 31.8 Å². The minimum absolute atomic E-state index is 1.19. The highest BCUT2D eigenvalue weighted by molar-refractivity contribution is 4.73. The Hall–Kier alpha value is -0.260. The molecule has 0 spiro atoms. The number of hydrogen-bond acceptors (Lipinski definition) is 0. The van der Waals surface area contributed by atoms with Crippen molar-refractivity contribution in [2.24, 2.45) is 0 Å². The fourth-order valence-electron chi connectivity index (χ4n) is 4.01. The lowest BCUT2D eigenvalue weighted by Gasteiger charge is -2.02. The second-order valence-electron chi connectivity index (χ2n) is 9.02. The molecule has 0 aliphatic heterocycles. The van der Waals surface area contributed by atoms with E-state index in [-0.39, 0.29) is 0 Å². The van der Waals surface area contributed by atoms with Gasteiger partial charge in [-0.25, -0.2) is 0 Å². The van der Waals surface area contributed by atoms with Crippen LogP contribution in [0.3, 0.4) is 0 Å². The molecule has 0 nitrogen and oxygen atoms in total. The van der Waals surface area contributed by atoms with Crippen LogP contribution < -0.4 is 0 Å². The number of unbranched alkanes of at least 4 members (excludes halogenated alkanes) is 22. The van der Waals surface area contributed by atoms with Crippen molar-refractivity contribution in [3.05, 3.63) is 12.2 Å². The third-order valence-electron chi connectivity index (χ3n) is 6.02. The molecule has 0 fully saturated rings. The SMILES string of the molecule is CCCCCCCCCCCC/[C]=C\CCCCCCCCCCCCCC. The van der Waals surface area contributed by atoms with Gasteiger partial charge in [-0.1, -0.05) is 148 Å². The molecular weight excluding hydrogens is 336 g/mol. The Bertz CT molecular complexity index is 278. The lowest BCUT2D eigenvalue weighted by Crippen LogP contribution is -1.82. The van der Waals surface area contributed by atoms with Crippen molar-refractivity contribution in [2.45, 2.75) is 168 Å². The molecule has 0 amide bonds. The molecule has 0 aliphatic rings. The van der Waals surface area contributed by atoms with E-state index in [4.69, 9.17) is 0 Å². The van der Waals surface area contributed by atoms with E-state index >= 15 is 0 Å². The summed E-state index contributed by atoms with van der Waals surface area (Å²) in [6.07, 6.45) is 39.9. The Labute approximate surface area is 180 Å². The number of rotatable bonds is 24. The molecule has 0 N–H and O–H groups in total. The van der Waals surface area contributed by atoms with Crippen LogP contribution in [0, 0.1) is 6.08 Å². The first-order valence-electron chi connectivity index (χ1n) is 13.5. The van der Waals surface area contributed by atoms with Crippen LogP contribution >= 0.6 is 0 Å². The average molecular weight is 392 g/mol. The smallest absolute Gasteiger partial charge is 0.0279 e. The summed E-state index contributed by atoms with van der Waals surface area (Å²) in [4.78, 5) is 0. The van der Waals surface area contributed by atoms with Crippen molar-refractivity contribution >= 4 is 0 Å². The molecule has 0 heteroatoms. The van der Waals surface area contributed by atoms with Crippen LogP contribution in [0.15, 0.2) is 6.08 Å². The zero-order chi connectivity index (χ0) is 20.4. The molecule has 0 saturated carbocycles. The van der Waals surface area contributed by atoms with Crippen LogP contribution in [-0.4, -0.2) is 0 Å². The molecule has 28 heavy (non-hydrogen) atoms. The largest absolute Gasteiger partial charge is 0.0811 e. The molecule has 0 saturated heterocycles. The standard InChI is InChI=1S/C28H55/c1-3-5-7-9-11-13-15-17-19-21-23-25-27-28-26-24-22-20-18-16-14-12-10-8-6-4-2/h28H,3-25,27H2,1-2H3. The molecule has 0 rings (SSSR count). The predicted octanol–water partition coefficient (Wildman–Crippen LogP) is 10.7. The lowest BCUT2D eigenvalue weighted by atomic mass is 10.0. The minimum Gasteiger partial charge on any atom is -0.0811 e. The maximum atomic E-state index is 3.53. The first-order valence-corrected chi connectivity index (χ1v) is 13.5.